The molecule has 0 heterocycles. The molecule has 0 bridgehead atoms. The fraction of sp³-hybridized carbons (Fsp3) is 0.700. The molecule has 0 aliphatic carbocycles. The Bertz CT molecular complexity index is 337. The van der Waals surface area contributed by atoms with Gasteiger partial charge in [0.25, 0.3) is 0 Å². The number of amides is 2. The number of hydroxylamine groups is 2. The van der Waals surface area contributed by atoms with Gasteiger partial charge < -0.3 is 20.1 Å². The van der Waals surface area contributed by atoms with Crippen LogP contribution >= 0.6 is 0 Å². The van der Waals surface area contributed by atoms with Crippen molar-refractivity contribution in [3.05, 3.63) is 0 Å². The molecule has 0 saturated heterocycles. The van der Waals surface area contributed by atoms with E-state index in [9.17, 15) is 24.6 Å². The van der Waals surface area contributed by atoms with E-state index in [4.69, 9.17) is 9.94 Å². The van der Waals surface area contributed by atoms with Crippen molar-refractivity contribution in [2.75, 3.05) is 6.61 Å². The van der Waals surface area contributed by atoms with Gasteiger partial charge in [0, 0.05) is 13.8 Å². The Balaban J connectivity index is 4.78. The Labute approximate surface area is 114 Å². The third-order valence-electron chi connectivity index (χ3n) is 2.05. The lowest BCUT2D eigenvalue weighted by Crippen LogP contribution is -2.52. The van der Waals surface area contributed by atoms with Crippen molar-refractivity contribution in [2.45, 2.75) is 38.3 Å². The molecule has 0 aliphatic rings. The van der Waals surface area contributed by atoms with E-state index in [1.54, 1.807) is 0 Å². The number of carbonyl (C=O) groups is 3. The summed E-state index contributed by atoms with van der Waals surface area (Å²) < 4.78 is 0. The summed E-state index contributed by atoms with van der Waals surface area (Å²) in [5, 5.41) is 28.2. The molecule has 2 amide bonds. The standard InChI is InChI=1S/C10H18N2O8/c1-5(15)11-19-8(4-14)9(18)10(7(17)3-13)20-12-6(2)16/h4,7-10,13,17-18H,3H2,1-2H3,(H,11,15)(H,12,16). The van der Waals surface area contributed by atoms with Crippen molar-refractivity contribution in [1.29, 1.82) is 0 Å². The molecule has 0 aromatic heterocycles. The number of nitrogens with one attached hydrogen (secondary N) is 2. The smallest absolute Gasteiger partial charge is 0.240 e. The predicted octanol–water partition coefficient (Wildman–Crippen LogP) is -3.23. The molecule has 4 atom stereocenters. The Hall–Kier alpha value is -1.59. The maximum atomic E-state index is 10.8. The Kier molecular flexibility index (Phi) is 8.59. The van der Waals surface area contributed by atoms with Crippen LogP contribution in [0.15, 0.2) is 0 Å². The average molecular weight is 294 g/mol. The first kappa shape index (κ1) is 18.4. The van der Waals surface area contributed by atoms with Gasteiger partial charge in [-0.25, -0.2) is 11.0 Å². The number of carbonyl (C=O) groups excluding carboxylic acids is 3. The molecule has 0 spiro atoms. The molecule has 0 aliphatic heterocycles. The second-order valence-electron chi connectivity index (χ2n) is 3.86. The summed E-state index contributed by atoms with van der Waals surface area (Å²) in [5.74, 6) is -1.25. The van der Waals surface area contributed by atoms with Crippen molar-refractivity contribution in [2.24, 2.45) is 0 Å². The lowest BCUT2D eigenvalue weighted by molar-refractivity contribution is -0.191. The summed E-state index contributed by atoms with van der Waals surface area (Å²) in [4.78, 5) is 41.4. The molecular weight excluding hydrogens is 276 g/mol. The molecule has 10 nitrogen and oxygen atoms in total. The molecule has 0 saturated carbocycles. The average Bonchev–Trinajstić information content (AvgIpc) is 2.38. The molecule has 0 radical (unpaired) electrons. The highest BCUT2D eigenvalue weighted by Crippen LogP contribution is 2.09. The van der Waals surface area contributed by atoms with E-state index < -0.39 is 42.8 Å². The van der Waals surface area contributed by atoms with Crippen LogP contribution < -0.4 is 11.0 Å². The van der Waals surface area contributed by atoms with Gasteiger partial charge in [0.05, 0.1) is 6.61 Å². The quantitative estimate of drug-likeness (QED) is 0.220. The summed E-state index contributed by atoms with van der Waals surface area (Å²) in [5.41, 5.74) is 3.69. The van der Waals surface area contributed by atoms with E-state index in [1.165, 1.54) is 0 Å². The van der Waals surface area contributed by atoms with Crippen LogP contribution in [0.25, 0.3) is 0 Å². The highest BCUT2D eigenvalue weighted by Gasteiger charge is 2.35. The third-order valence-corrected chi connectivity index (χ3v) is 2.05. The Morgan fingerprint density at radius 2 is 1.65 bits per heavy atom. The number of rotatable bonds is 9. The fourth-order valence-corrected chi connectivity index (χ4v) is 1.15. The van der Waals surface area contributed by atoms with Crippen molar-refractivity contribution >= 4 is 18.1 Å². The van der Waals surface area contributed by atoms with Gasteiger partial charge >= 0.3 is 0 Å². The first-order valence-electron chi connectivity index (χ1n) is 5.60. The van der Waals surface area contributed by atoms with Crippen molar-refractivity contribution < 1.29 is 39.4 Å². The van der Waals surface area contributed by atoms with Crippen molar-refractivity contribution in [3.8, 4) is 0 Å². The van der Waals surface area contributed by atoms with Gasteiger partial charge in [-0.15, -0.1) is 0 Å². The molecule has 0 fully saturated rings. The van der Waals surface area contributed by atoms with E-state index in [0.717, 1.165) is 13.8 Å². The van der Waals surface area contributed by atoms with Gasteiger partial charge in [-0.2, -0.15) is 0 Å². The summed E-state index contributed by atoms with van der Waals surface area (Å²) in [6.07, 6.45) is -6.31. The lowest BCUT2D eigenvalue weighted by Gasteiger charge is -2.28. The molecule has 0 aromatic rings. The topological polar surface area (TPSA) is 154 Å². The molecule has 116 valence electrons. The van der Waals surface area contributed by atoms with E-state index in [2.05, 4.69) is 4.84 Å². The molecule has 10 heteroatoms. The Morgan fingerprint density at radius 1 is 1.15 bits per heavy atom. The van der Waals surface area contributed by atoms with E-state index >= 15 is 0 Å². The maximum Gasteiger partial charge on any atom is 0.240 e. The zero-order chi connectivity index (χ0) is 15.7. The number of aldehydes is 1. The number of aliphatic hydroxyl groups is 3. The van der Waals surface area contributed by atoms with Gasteiger partial charge in [0.2, 0.25) is 11.8 Å². The molecule has 0 aromatic carbocycles. The summed E-state index contributed by atoms with van der Waals surface area (Å²) in [6.45, 7) is 1.43. The van der Waals surface area contributed by atoms with Crippen molar-refractivity contribution in [3.63, 3.8) is 0 Å². The first-order chi connectivity index (χ1) is 9.33. The maximum absolute atomic E-state index is 10.8. The molecule has 4 unspecified atom stereocenters. The van der Waals surface area contributed by atoms with E-state index in [1.807, 2.05) is 11.0 Å². The van der Waals surface area contributed by atoms with Crippen LogP contribution in [0, 0.1) is 0 Å². The van der Waals surface area contributed by atoms with Gasteiger partial charge in [0.1, 0.15) is 18.3 Å². The number of aliphatic hydroxyl groups excluding tert-OH is 3. The normalized spacial score (nSPS) is 16.6. The monoisotopic (exact) mass is 294 g/mol. The van der Waals surface area contributed by atoms with Gasteiger partial charge in [-0.1, -0.05) is 0 Å². The number of hydrogen-bond acceptors (Lipinski definition) is 8. The lowest BCUT2D eigenvalue weighted by atomic mass is 10.0. The molecule has 0 rings (SSSR count). The van der Waals surface area contributed by atoms with Gasteiger partial charge in [0.15, 0.2) is 12.4 Å². The van der Waals surface area contributed by atoms with Crippen molar-refractivity contribution in [1.82, 2.24) is 11.0 Å². The van der Waals surface area contributed by atoms with Crippen LogP contribution in [0.5, 0.6) is 0 Å². The van der Waals surface area contributed by atoms with Crippen LogP contribution in [-0.4, -0.2) is 64.4 Å². The highest BCUT2D eigenvalue weighted by molar-refractivity contribution is 5.72. The zero-order valence-electron chi connectivity index (χ0n) is 11.0. The molecule has 5 N–H and O–H groups in total. The first-order valence-corrected chi connectivity index (χ1v) is 5.60. The Morgan fingerprint density at radius 3 is 2.05 bits per heavy atom. The highest BCUT2D eigenvalue weighted by atomic mass is 16.7. The SMILES string of the molecule is CC(=O)NOC(C=O)C(O)C(ONC(C)=O)C(O)CO. The van der Waals surface area contributed by atoms with E-state index in [0.29, 0.717) is 0 Å². The second-order valence-corrected chi connectivity index (χ2v) is 3.86. The van der Waals surface area contributed by atoms with Crippen LogP contribution in [0.4, 0.5) is 0 Å². The van der Waals surface area contributed by atoms with Crippen LogP contribution in [-0.2, 0) is 24.1 Å². The summed E-state index contributed by atoms with van der Waals surface area (Å²) in [7, 11) is 0. The predicted molar refractivity (Wildman–Crippen MR) is 62.5 cm³/mol. The van der Waals surface area contributed by atoms with Crippen LogP contribution in [0.3, 0.4) is 0 Å². The zero-order valence-corrected chi connectivity index (χ0v) is 11.0. The molecular formula is C10H18N2O8. The van der Waals surface area contributed by atoms with Gasteiger partial charge in [-0.3, -0.25) is 19.3 Å². The van der Waals surface area contributed by atoms with Crippen LogP contribution in [0.1, 0.15) is 13.8 Å². The summed E-state index contributed by atoms with van der Waals surface area (Å²) in [6, 6.07) is 0. The van der Waals surface area contributed by atoms with Gasteiger partial charge in [-0.05, 0) is 0 Å². The van der Waals surface area contributed by atoms with Crippen LogP contribution in [0.2, 0.25) is 0 Å². The fourth-order valence-electron chi connectivity index (χ4n) is 1.15. The number of hydrogen-bond donors (Lipinski definition) is 5. The largest absolute Gasteiger partial charge is 0.394 e. The second kappa shape index (κ2) is 9.34. The molecule has 20 heavy (non-hydrogen) atoms. The summed E-state index contributed by atoms with van der Waals surface area (Å²) >= 11 is 0. The minimum absolute atomic E-state index is 0.162. The minimum Gasteiger partial charge on any atom is -0.394 e. The third kappa shape index (κ3) is 6.54. The van der Waals surface area contributed by atoms with E-state index in [-0.39, 0.29) is 6.29 Å². The minimum atomic E-state index is -1.76.